The number of carbonyl (C=O) groups excluding carboxylic acids is 1. The number of aryl methyl sites for hydroxylation is 2. The minimum atomic E-state index is -0.945. The van der Waals surface area contributed by atoms with Crippen molar-refractivity contribution in [3.63, 3.8) is 0 Å². The van der Waals surface area contributed by atoms with Gasteiger partial charge in [-0.05, 0) is 50.6 Å². The van der Waals surface area contributed by atoms with Crippen LogP contribution in [0.5, 0.6) is 17.2 Å². The van der Waals surface area contributed by atoms with Crippen LogP contribution >= 0.6 is 12.4 Å². The van der Waals surface area contributed by atoms with Crippen LogP contribution in [0.4, 0.5) is 5.69 Å². The Kier molecular flexibility index (Phi) is 9.01. The number of anilines is 1. The molecule has 0 saturated heterocycles. The van der Waals surface area contributed by atoms with Crippen LogP contribution in [0.1, 0.15) is 44.7 Å². The maximum absolute atomic E-state index is 11.6. The van der Waals surface area contributed by atoms with Gasteiger partial charge in [0, 0.05) is 42.2 Å². The van der Waals surface area contributed by atoms with Gasteiger partial charge in [0.25, 0.3) is 5.91 Å². The van der Waals surface area contributed by atoms with E-state index >= 15 is 0 Å². The lowest BCUT2D eigenvalue weighted by Gasteiger charge is -2.29. The predicted molar refractivity (Wildman–Crippen MR) is 143 cm³/mol. The van der Waals surface area contributed by atoms with Crippen molar-refractivity contribution in [1.82, 2.24) is 20.1 Å². The number of aromatic hydroxyl groups is 1. The Bertz CT molecular complexity index is 1230. The summed E-state index contributed by atoms with van der Waals surface area (Å²) >= 11 is 0. The highest BCUT2D eigenvalue weighted by Gasteiger charge is 2.26. The Labute approximate surface area is 222 Å². The van der Waals surface area contributed by atoms with E-state index in [2.05, 4.69) is 31.4 Å². The first-order chi connectivity index (χ1) is 17.2. The number of benzene rings is 2. The van der Waals surface area contributed by atoms with E-state index in [9.17, 15) is 15.0 Å². The SMILES string of the molecule is CCc1nc(-c2ccc(OC)cc2)nn1CCC(C)(C)NCC(O)c1cc(O)cc2c1OCC(=O)N2.Cl. The summed E-state index contributed by atoms with van der Waals surface area (Å²) in [4.78, 5) is 16.3. The van der Waals surface area contributed by atoms with Crippen molar-refractivity contribution >= 4 is 24.0 Å². The van der Waals surface area contributed by atoms with Gasteiger partial charge in [-0.3, -0.25) is 4.79 Å². The number of ether oxygens (including phenoxy) is 2. The summed E-state index contributed by atoms with van der Waals surface area (Å²) in [6, 6.07) is 10.5. The second kappa shape index (κ2) is 11.8. The minimum absolute atomic E-state index is 0. The van der Waals surface area contributed by atoms with Crippen molar-refractivity contribution in [3.8, 4) is 28.6 Å². The van der Waals surface area contributed by atoms with Crippen molar-refractivity contribution < 1.29 is 24.5 Å². The zero-order valence-electron chi connectivity index (χ0n) is 21.4. The van der Waals surface area contributed by atoms with E-state index in [1.54, 1.807) is 7.11 Å². The van der Waals surface area contributed by atoms with Crippen LogP contribution in [0.25, 0.3) is 11.4 Å². The average Bonchev–Trinajstić information content (AvgIpc) is 3.29. The van der Waals surface area contributed by atoms with Gasteiger partial charge in [-0.1, -0.05) is 6.92 Å². The Morgan fingerprint density at radius 1 is 1.27 bits per heavy atom. The zero-order valence-corrected chi connectivity index (χ0v) is 22.3. The molecule has 0 radical (unpaired) electrons. The Morgan fingerprint density at radius 2 is 2.00 bits per heavy atom. The van der Waals surface area contributed by atoms with Gasteiger partial charge in [-0.25, -0.2) is 9.67 Å². The molecule has 37 heavy (non-hydrogen) atoms. The number of methoxy groups -OCH3 is 1. The third-order valence-corrected chi connectivity index (χ3v) is 6.22. The molecule has 0 saturated carbocycles. The van der Waals surface area contributed by atoms with Gasteiger partial charge in [0.15, 0.2) is 12.4 Å². The molecule has 1 unspecified atom stereocenters. The van der Waals surface area contributed by atoms with Gasteiger partial charge in [-0.15, -0.1) is 12.4 Å². The summed E-state index contributed by atoms with van der Waals surface area (Å²) < 4.78 is 12.7. The molecule has 1 amide bonds. The number of β-amino-alcohol motifs (C(OH)–C–C–N with tert-alkyl or cyclic N) is 1. The Hall–Kier alpha value is -3.34. The van der Waals surface area contributed by atoms with Gasteiger partial charge in [0.05, 0.1) is 18.9 Å². The molecule has 1 atom stereocenters. The zero-order chi connectivity index (χ0) is 25.9. The van der Waals surface area contributed by atoms with E-state index in [0.29, 0.717) is 29.4 Å². The number of fused-ring (bicyclic) bond motifs is 1. The molecule has 0 spiro atoms. The summed E-state index contributed by atoms with van der Waals surface area (Å²) in [7, 11) is 1.64. The van der Waals surface area contributed by atoms with Crippen molar-refractivity contribution in [1.29, 1.82) is 0 Å². The van der Waals surface area contributed by atoms with Crippen LogP contribution in [0.15, 0.2) is 36.4 Å². The summed E-state index contributed by atoms with van der Waals surface area (Å²) in [5, 5.41) is 31.7. The molecule has 1 aliphatic heterocycles. The molecule has 1 aromatic heterocycles. The monoisotopic (exact) mass is 531 g/mol. The summed E-state index contributed by atoms with van der Waals surface area (Å²) in [5.41, 5.74) is 1.37. The number of carbonyl (C=O) groups is 1. The fraction of sp³-hybridized carbons (Fsp3) is 0.423. The molecule has 11 heteroatoms. The number of halogens is 1. The number of aliphatic hydroxyl groups excluding tert-OH is 1. The average molecular weight is 532 g/mol. The number of phenols is 1. The van der Waals surface area contributed by atoms with E-state index < -0.39 is 6.10 Å². The van der Waals surface area contributed by atoms with E-state index in [-0.39, 0.29) is 42.8 Å². The molecule has 0 aliphatic carbocycles. The van der Waals surface area contributed by atoms with Crippen LogP contribution in [-0.2, 0) is 17.8 Å². The smallest absolute Gasteiger partial charge is 0.262 e. The van der Waals surface area contributed by atoms with Crippen molar-refractivity contribution in [2.45, 2.75) is 51.8 Å². The highest BCUT2D eigenvalue weighted by Crippen LogP contribution is 2.38. The third kappa shape index (κ3) is 6.71. The second-order valence-corrected chi connectivity index (χ2v) is 9.44. The number of hydrogen-bond donors (Lipinski definition) is 4. The lowest BCUT2D eigenvalue weighted by molar-refractivity contribution is -0.118. The fourth-order valence-electron chi connectivity index (χ4n) is 4.10. The van der Waals surface area contributed by atoms with Crippen LogP contribution < -0.4 is 20.1 Å². The molecule has 4 rings (SSSR count). The molecule has 0 bridgehead atoms. The highest BCUT2D eigenvalue weighted by molar-refractivity contribution is 5.96. The van der Waals surface area contributed by atoms with Gasteiger partial charge in [0.1, 0.15) is 23.1 Å². The van der Waals surface area contributed by atoms with Crippen molar-refractivity contribution in [3.05, 3.63) is 47.8 Å². The lowest BCUT2D eigenvalue weighted by atomic mass is 9.99. The topological polar surface area (TPSA) is 131 Å². The molecule has 200 valence electrons. The van der Waals surface area contributed by atoms with E-state index in [1.807, 2.05) is 28.9 Å². The summed E-state index contributed by atoms with van der Waals surface area (Å²) in [5.74, 6) is 2.38. The molecule has 4 N–H and O–H groups in total. The first-order valence-corrected chi connectivity index (χ1v) is 12.0. The Morgan fingerprint density at radius 3 is 2.68 bits per heavy atom. The van der Waals surface area contributed by atoms with Gasteiger partial charge in [0.2, 0.25) is 0 Å². The Balaban J connectivity index is 0.00000380. The number of phenolic OH excluding ortho intramolecular Hbond substituents is 1. The van der Waals surface area contributed by atoms with Gasteiger partial charge >= 0.3 is 0 Å². The maximum Gasteiger partial charge on any atom is 0.262 e. The van der Waals surface area contributed by atoms with Crippen LogP contribution in [-0.4, -0.2) is 56.7 Å². The number of hydrogen-bond acceptors (Lipinski definition) is 8. The molecular weight excluding hydrogens is 498 g/mol. The standard InChI is InChI=1S/C26H33N5O5.ClH/c1-5-22-29-25(16-6-8-18(35-4)9-7-16)30-31(22)11-10-26(2,3)27-14-21(33)19-12-17(32)13-20-24(19)36-15-23(34)28-20;/h6-9,12-13,21,27,32-33H,5,10-11,14-15H2,1-4H3,(H,28,34);1H. The number of amides is 1. The lowest BCUT2D eigenvalue weighted by Crippen LogP contribution is -2.42. The number of rotatable bonds is 10. The molecule has 0 fully saturated rings. The summed E-state index contributed by atoms with van der Waals surface area (Å²) in [6.07, 6.45) is 0.553. The molecule has 2 aromatic carbocycles. The largest absolute Gasteiger partial charge is 0.508 e. The molecular formula is C26H34ClN5O5. The molecule has 3 aromatic rings. The number of nitrogens with one attached hydrogen (secondary N) is 2. The third-order valence-electron chi connectivity index (χ3n) is 6.22. The van der Waals surface area contributed by atoms with Crippen LogP contribution in [0, 0.1) is 0 Å². The minimum Gasteiger partial charge on any atom is -0.508 e. The number of aromatic nitrogens is 3. The second-order valence-electron chi connectivity index (χ2n) is 9.44. The normalized spacial score (nSPS) is 13.7. The first-order valence-electron chi connectivity index (χ1n) is 12.0. The van der Waals surface area contributed by atoms with E-state index in [1.165, 1.54) is 12.1 Å². The predicted octanol–water partition coefficient (Wildman–Crippen LogP) is 3.47. The van der Waals surface area contributed by atoms with Crippen LogP contribution in [0.2, 0.25) is 0 Å². The van der Waals surface area contributed by atoms with Gasteiger partial charge < -0.3 is 30.3 Å². The summed E-state index contributed by atoms with van der Waals surface area (Å²) in [6.45, 7) is 6.92. The quantitative estimate of drug-likeness (QED) is 0.313. The van der Waals surface area contributed by atoms with E-state index in [0.717, 1.165) is 30.0 Å². The fourth-order valence-corrected chi connectivity index (χ4v) is 4.10. The molecule has 10 nitrogen and oxygen atoms in total. The van der Waals surface area contributed by atoms with Crippen molar-refractivity contribution in [2.24, 2.45) is 0 Å². The molecule has 1 aliphatic rings. The maximum atomic E-state index is 11.6. The van der Waals surface area contributed by atoms with Crippen LogP contribution in [0.3, 0.4) is 0 Å². The van der Waals surface area contributed by atoms with E-state index in [4.69, 9.17) is 19.6 Å². The molecule has 2 heterocycles. The van der Waals surface area contributed by atoms with Gasteiger partial charge in [-0.2, -0.15) is 5.10 Å². The first kappa shape index (κ1) is 28.2. The van der Waals surface area contributed by atoms with Crippen molar-refractivity contribution in [2.75, 3.05) is 25.6 Å². The highest BCUT2D eigenvalue weighted by atomic mass is 35.5. The number of aliphatic hydroxyl groups is 1. The number of nitrogens with zero attached hydrogens (tertiary/aromatic N) is 3.